The maximum Gasteiger partial charge on any atom is 0.154 e. The third-order valence-electron chi connectivity index (χ3n) is 3.32. The highest BCUT2D eigenvalue weighted by atomic mass is 32.2. The van der Waals surface area contributed by atoms with Crippen molar-refractivity contribution in [1.82, 2.24) is 0 Å². The fourth-order valence-corrected chi connectivity index (χ4v) is 3.98. The maximum atomic E-state index is 11.6. The molecular weight excluding hydrogens is 264 g/mol. The fourth-order valence-electron chi connectivity index (χ4n) is 2.42. The zero-order chi connectivity index (χ0) is 14.0. The molecule has 1 heterocycles. The third-order valence-corrected chi connectivity index (χ3v) is 5.12. The number of anilines is 2. The highest BCUT2D eigenvalue weighted by Crippen LogP contribution is 2.34. The zero-order valence-electron chi connectivity index (χ0n) is 11.3. The van der Waals surface area contributed by atoms with Gasteiger partial charge in [-0.1, -0.05) is 6.07 Å². The van der Waals surface area contributed by atoms with E-state index in [2.05, 4.69) is 0 Å². The molecule has 1 aromatic rings. The Balaban J connectivity index is 2.30. The molecule has 1 fully saturated rings. The minimum Gasteiger partial charge on any atom is -0.492 e. The lowest BCUT2D eigenvalue weighted by atomic mass is 10.2. The lowest BCUT2D eigenvalue weighted by Gasteiger charge is -2.36. The Morgan fingerprint density at radius 2 is 2.21 bits per heavy atom. The summed E-state index contributed by atoms with van der Waals surface area (Å²) in [4.78, 5) is 2.04. The lowest BCUT2D eigenvalue weighted by molar-refractivity contribution is 0.342. The zero-order valence-corrected chi connectivity index (χ0v) is 12.1. The van der Waals surface area contributed by atoms with Crippen LogP contribution in [-0.4, -0.2) is 39.1 Å². The molecule has 19 heavy (non-hydrogen) atoms. The predicted molar refractivity (Wildman–Crippen MR) is 77.5 cm³/mol. The van der Waals surface area contributed by atoms with Gasteiger partial charge in [-0.15, -0.1) is 0 Å². The number of benzene rings is 1. The summed E-state index contributed by atoms with van der Waals surface area (Å²) in [7, 11) is -2.92. The number of nitrogens with two attached hydrogens (primary N) is 1. The van der Waals surface area contributed by atoms with Crippen LogP contribution in [0.15, 0.2) is 18.2 Å². The topological polar surface area (TPSA) is 72.6 Å². The van der Waals surface area contributed by atoms with Gasteiger partial charge in [-0.05, 0) is 26.0 Å². The second kappa shape index (κ2) is 5.28. The summed E-state index contributed by atoms with van der Waals surface area (Å²) in [6.45, 7) is 4.84. The number of rotatable bonds is 3. The first-order chi connectivity index (χ1) is 8.94. The van der Waals surface area contributed by atoms with Crippen LogP contribution in [0.3, 0.4) is 0 Å². The molecule has 0 amide bonds. The number of hydrogen-bond donors (Lipinski definition) is 1. The summed E-state index contributed by atoms with van der Waals surface area (Å²) in [5.74, 6) is 1.00. The number of ether oxygens (including phenoxy) is 1. The van der Waals surface area contributed by atoms with Crippen molar-refractivity contribution in [2.45, 2.75) is 19.9 Å². The highest BCUT2D eigenvalue weighted by Gasteiger charge is 2.29. The van der Waals surface area contributed by atoms with Gasteiger partial charge in [0.15, 0.2) is 9.84 Å². The number of nitrogen functional groups attached to an aromatic ring is 1. The molecule has 1 aromatic carbocycles. The van der Waals surface area contributed by atoms with E-state index >= 15 is 0 Å². The maximum absolute atomic E-state index is 11.6. The molecule has 106 valence electrons. The second-order valence-corrected chi connectivity index (χ2v) is 7.01. The van der Waals surface area contributed by atoms with Crippen LogP contribution in [0.4, 0.5) is 11.4 Å². The van der Waals surface area contributed by atoms with E-state index in [9.17, 15) is 8.42 Å². The Hall–Kier alpha value is -1.43. The Kier molecular flexibility index (Phi) is 3.89. The smallest absolute Gasteiger partial charge is 0.154 e. The Labute approximate surface area is 114 Å². The standard InChI is InChI=1S/C13H20N2O3S/c1-3-18-12-6-4-5-11(13(12)14)15-7-8-19(16,17)9-10(15)2/h4-6,10H,3,7-9,14H2,1-2H3. The Morgan fingerprint density at radius 3 is 2.84 bits per heavy atom. The Bertz CT molecular complexity index is 557. The summed E-state index contributed by atoms with van der Waals surface area (Å²) < 4.78 is 28.7. The lowest BCUT2D eigenvalue weighted by Crippen LogP contribution is -2.47. The van der Waals surface area contributed by atoms with Gasteiger partial charge in [-0.2, -0.15) is 0 Å². The molecule has 0 saturated carbocycles. The van der Waals surface area contributed by atoms with Gasteiger partial charge in [0.05, 0.1) is 29.5 Å². The van der Waals surface area contributed by atoms with Crippen LogP contribution in [0.1, 0.15) is 13.8 Å². The molecule has 0 radical (unpaired) electrons. The van der Waals surface area contributed by atoms with E-state index in [0.29, 0.717) is 24.6 Å². The van der Waals surface area contributed by atoms with Crippen molar-refractivity contribution in [3.05, 3.63) is 18.2 Å². The first-order valence-corrected chi connectivity index (χ1v) is 8.25. The van der Waals surface area contributed by atoms with E-state index in [4.69, 9.17) is 10.5 Å². The highest BCUT2D eigenvalue weighted by molar-refractivity contribution is 7.91. The number of sulfone groups is 1. The molecule has 1 aliphatic rings. The monoisotopic (exact) mass is 284 g/mol. The largest absolute Gasteiger partial charge is 0.492 e. The van der Waals surface area contributed by atoms with Gasteiger partial charge in [-0.3, -0.25) is 0 Å². The van der Waals surface area contributed by atoms with Gasteiger partial charge in [0.2, 0.25) is 0 Å². The summed E-state index contributed by atoms with van der Waals surface area (Å²) >= 11 is 0. The molecule has 5 nitrogen and oxygen atoms in total. The third kappa shape index (κ3) is 2.94. The van der Waals surface area contributed by atoms with Crippen molar-refractivity contribution in [3.8, 4) is 5.75 Å². The van der Waals surface area contributed by atoms with Crippen molar-refractivity contribution in [3.63, 3.8) is 0 Å². The van der Waals surface area contributed by atoms with Gasteiger partial charge >= 0.3 is 0 Å². The molecule has 6 heteroatoms. The first kappa shape index (κ1) is 14.0. The summed E-state index contributed by atoms with van der Waals surface area (Å²) in [6, 6.07) is 5.55. The van der Waals surface area contributed by atoms with Crippen molar-refractivity contribution < 1.29 is 13.2 Å². The molecular formula is C13H20N2O3S. The molecule has 1 unspecified atom stereocenters. The number of hydrogen-bond acceptors (Lipinski definition) is 5. The first-order valence-electron chi connectivity index (χ1n) is 6.43. The number of para-hydroxylation sites is 1. The van der Waals surface area contributed by atoms with E-state index in [-0.39, 0.29) is 17.5 Å². The van der Waals surface area contributed by atoms with Crippen molar-refractivity contribution in [2.24, 2.45) is 0 Å². The van der Waals surface area contributed by atoms with Crippen LogP contribution in [0.2, 0.25) is 0 Å². The van der Waals surface area contributed by atoms with Crippen molar-refractivity contribution in [2.75, 3.05) is 35.3 Å². The Morgan fingerprint density at radius 1 is 1.47 bits per heavy atom. The quantitative estimate of drug-likeness (QED) is 0.847. The van der Waals surface area contributed by atoms with E-state index in [1.54, 1.807) is 0 Å². The van der Waals surface area contributed by atoms with Crippen LogP contribution in [0, 0.1) is 0 Å². The van der Waals surface area contributed by atoms with Crippen LogP contribution < -0.4 is 15.4 Å². The second-order valence-electron chi connectivity index (χ2n) is 4.78. The molecule has 2 rings (SSSR count). The van der Waals surface area contributed by atoms with E-state index in [1.807, 2.05) is 36.9 Å². The molecule has 1 atom stereocenters. The van der Waals surface area contributed by atoms with Crippen LogP contribution in [-0.2, 0) is 9.84 Å². The summed E-state index contributed by atoms with van der Waals surface area (Å²) in [5, 5.41) is 0. The van der Waals surface area contributed by atoms with Gasteiger partial charge in [0, 0.05) is 12.6 Å². The van der Waals surface area contributed by atoms with Crippen LogP contribution in [0.5, 0.6) is 5.75 Å². The molecule has 0 aliphatic carbocycles. The minimum absolute atomic E-state index is 0.0714. The minimum atomic E-state index is -2.92. The number of nitrogens with zero attached hydrogens (tertiary/aromatic N) is 1. The molecule has 2 N–H and O–H groups in total. The van der Waals surface area contributed by atoms with E-state index < -0.39 is 9.84 Å². The fraction of sp³-hybridized carbons (Fsp3) is 0.538. The van der Waals surface area contributed by atoms with Crippen molar-refractivity contribution in [1.29, 1.82) is 0 Å². The molecule has 0 aromatic heterocycles. The normalized spacial score (nSPS) is 22.2. The summed E-state index contributed by atoms with van der Waals surface area (Å²) in [5.41, 5.74) is 7.55. The average molecular weight is 284 g/mol. The molecule has 0 bridgehead atoms. The summed E-state index contributed by atoms with van der Waals surface area (Å²) in [6.07, 6.45) is 0. The van der Waals surface area contributed by atoms with Gasteiger partial charge in [0.1, 0.15) is 5.75 Å². The predicted octanol–water partition coefficient (Wildman–Crippen LogP) is 1.29. The van der Waals surface area contributed by atoms with E-state index in [0.717, 1.165) is 5.69 Å². The van der Waals surface area contributed by atoms with Crippen LogP contribution >= 0.6 is 0 Å². The average Bonchev–Trinajstić information content (AvgIpc) is 2.32. The van der Waals surface area contributed by atoms with Gasteiger partial charge in [0.25, 0.3) is 0 Å². The molecule has 0 spiro atoms. The molecule has 1 saturated heterocycles. The SMILES string of the molecule is CCOc1cccc(N2CCS(=O)(=O)CC2C)c1N. The van der Waals surface area contributed by atoms with Gasteiger partial charge < -0.3 is 15.4 Å². The van der Waals surface area contributed by atoms with Crippen molar-refractivity contribution >= 4 is 21.2 Å². The van der Waals surface area contributed by atoms with E-state index in [1.165, 1.54) is 0 Å². The van der Waals surface area contributed by atoms with Crippen LogP contribution in [0.25, 0.3) is 0 Å². The molecule has 1 aliphatic heterocycles. The van der Waals surface area contributed by atoms with Gasteiger partial charge in [-0.25, -0.2) is 8.42 Å².